The lowest BCUT2D eigenvalue weighted by atomic mass is 10.2. The van der Waals surface area contributed by atoms with Gasteiger partial charge in [0.05, 0.1) is 5.69 Å². The van der Waals surface area contributed by atoms with Gasteiger partial charge in [0.2, 0.25) is 3.79 Å². The fourth-order valence-electron chi connectivity index (χ4n) is 1.29. The van der Waals surface area contributed by atoms with Crippen LogP contribution in [0.1, 0.15) is 31.7 Å². The van der Waals surface area contributed by atoms with Crippen LogP contribution >= 0.6 is 34.8 Å². The van der Waals surface area contributed by atoms with Gasteiger partial charge in [-0.15, -0.1) is 5.10 Å². The van der Waals surface area contributed by atoms with Crippen molar-refractivity contribution < 1.29 is 0 Å². The van der Waals surface area contributed by atoms with E-state index in [0.29, 0.717) is 5.69 Å². The molecule has 0 unspecified atom stereocenters. The van der Waals surface area contributed by atoms with Gasteiger partial charge in [-0.2, -0.15) is 0 Å². The first kappa shape index (κ1) is 12.1. The van der Waals surface area contributed by atoms with E-state index < -0.39 is 3.79 Å². The predicted molar refractivity (Wildman–Crippen MR) is 58.9 cm³/mol. The molecule has 1 aromatic rings. The third kappa shape index (κ3) is 2.53. The highest BCUT2D eigenvalue weighted by Crippen LogP contribution is 2.38. The van der Waals surface area contributed by atoms with E-state index in [4.69, 9.17) is 34.8 Å². The maximum atomic E-state index is 5.77. The number of hydrogen-bond donors (Lipinski definition) is 0. The standard InChI is InChI=1S/C8H12Cl3N3/c1-3-5-14-6(4-2)7(12-13-14)8(9,10)11/h3-5H2,1-2H3. The molecule has 0 bridgehead atoms. The third-order valence-electron chi connectivity index (χ3n) is 1.88. The van der Waals surface area contributed by atoms with Crippen molar-refractivity contribution in [1.82, 2.24) is 15.0 Å². The van der Waals surface area contributed by atoms with E-state index >= 15 is 0 Å². The monoisotopic (exact) mass is 255 g/mol. The Morgan fingerprint density at radius 1 is 1.29 bits per heavy atom. The molecule has 0 aliphatic carbocycles. The Balaban J connectivity index is 3.07. The summed E-state index contributed by atoms with van der Waals surface area (Å²) in [5, 5.41) is 7.85. The zero-order valence-electron chi connectivity index (χ0n) is 8.10. The molecule has 6 heteroatoms. The molecule has 0 atom stereocenters. The molecule has 3 nitrogen and oxygen atoms in total. The Kier molecular flexibility index (Phi) is 4.04. The number of alkyl halides is 3. The van der Waals surface area contributed by atoms with E-state index in [1.807, 2.05) is 6.92 Å². The van der Waals surface area contributed by atoms with Gasteiger partial charge in [0.15, 0.2) is 0 Å². The highest BCUT2D eigenvalue weighted by Gasteiger charge is 2.30. The Morgan fingerprint density at radius 2 is 1.93 bits per heavy atom. The molecule has 0 aliphatic heterocycles. The van der Waals surface area contributed by atoms with Crippen molar-refractivity contribution in [3.8, 4) is 0 Å². The van der Waals surface area contributed by atoms with Gasteiger partial charge in [0.25, 0.3) is 0 Å². The van der Waals surface area contributed by atoms with Gasteiger partial charge in [0, 0.05) is 6.54 Å². The highest BCUT2D eigenvalue weighted by molar-refractivity contribution is 6.66. The van der Waals surface area contributed by atoms with Crippen LogP contribution in [0.15, 0.2) is 0 Å². The second-order valence-electron chi connectivity index (χ2n) is 2.96. The van der Waals surface area contributed by atoms with E-state index in [1.165, 1.54) is 0 Å². The van der Waals surface area contributed by atoms with Crippen LogP contribution in [0.25, 0.3) is 0 Å². The minimum absolute atomic E-state index is 0.443. The molecule has 0 fully saturated rings. The smallest absolute Gasteiger partial charge is 0.236 e. The van der Waals surface area contributed by atoms with Crippen molar-refractivity contribution in [2.75, 3.05) is 0 Å². The zero-order chi connectivity index (χ0) is 10.8. The van der Waals surface area contributed by atoms with Crippen molar-refractivity contribution in [3.05, 3.63) is 11.4 Å². The van der Waals surface area contributed by atoms with Crippen LogP contribution in [0.5, 0.6) is 0 Å². The largest absolute Gasteiger partial charge is 0.249 e. The number of nitrogens with zero attached hydrogens (tertiary/aromatic N) is 3. The Morgan fingerprint density at radius 3 is 2.36 bits per heavy atom. The van der Waals surface area contributed by atoms with Crippen LogP contribution < -0.4 is 0 Å². The molecule has 0 aromatic carbocycles. The summed E-state index contributed by atoms with van der Waals surface area (Å²) in [6.07, 6.45) is 1.74. The summed E-state index contributed by atoms with van der Waals surface area (Å²) in [5.74, 6) is 0. The van der Waals surface area contributed by atoms with E-state index in [0.717, 1.165) is 25.1 Å². The Bertz CT molecular complexity index is 303. The maximum Gasteiger partial charge on any atom is 0.236 e. The van der Waals surface area contributed by atoms with E-state index in [-0.39, 0.29) is 0 Å². The predicted octanol–water partition coefficient (Wildman–Crippen LogP) is 3.08. The van der Waals surface area contributed by atoms with Gasteiger partial charge in [-0.25, -0.2) is 4.68 Å². The lowest BCUT2D eigenvalue weighted by molar-refractivity contribution is 0.558. The minimum Gasteiger partial charge on any atom is -0.249 e. The molecular formula is C8H12Cl3N3. The third-order valence-corrected chi connectivity index (χ3v) is 2.41. The lowest BCUT2D eigenvalue weighted by Crippen LogP contribution is -2.08. The first-order chi connectivity index (χ1) is 6.50. The topological polar surface area (TPSA) is 30.7 Å². The van der Waals surface area contributed by atoms with E-state index in [9.17, 15) is 0 Å². The summed E-state index contributed by atoms with van der Waals surface area (Å²) < 4.78 is 0.314. The molecule has 0 spiro atoms. The molecular weight excluding hydrogens is 244 g/mol. The quantitative estimate of drug-likeness (QED) is 0.778. The normalized spacial score (nSPS) is 12.1. The second-order valence-corrected chi connectivity index (χ2v) is 5.24. The van der Waals surface area contributed by atoms with Gasteiger partial charge >= 0.3 is 0 Å². The fraction of sp³-hybridized carbons (Fsp3) is 0.750. The summed E-state index contributed by atoms with van der Waals surface area (Å²) in [4.78, 5) is 0. The number of aryl methyl sites for hydroxylation is 1. The van der Waals surface area contributed by atoms with Gasteiger partial charge in [-0.3, -0.25) is 0 Å². The minimum atomic E-state index is -1.47. The molecule has 0 amide bonds. The lowest BCUT2D eigenvalue weighted by Gasteiger charge is -2.09. The first-order valence-electron chi connectivity index (χ1n) is 4.50. The summed E-state index contributed by atoms with van der Waals surface area (Å²) in [6, 6.07) is 0. The van der Waals surface area contributed by atoms with Crippen LogP contribution in [-0.2, 0) is 16.8 Å². The van der Waals surface area contributed by atoms with Gasteiger partial charge in [-0.05, 0) is 12.8 Å². The number of aromatic nitrogens is 3. The van der Waals surface area contributed by atoms with Crippen LogP contribution in [0.3, 0.4) is 0 Å². The summed E-state index contributed by atoms with van der Waals surface area (Å²) in [7, 11) is 0. The summed E-state index contributed by atoms with van der Waals surface area (Å²) in [5.41, 5.74) is 1.34. The van der Waals surface area contributed by atoms with Crippen molar-refractivity contribution in [3.63, 3.8) is 0 Å². The molecule has 14 heavy (non-hydrogen) atoms. The SMILES string of the molecule is CCCn1nnc(C(Cl)(Cl)Cl)c1CC. The van der Waals surface area contributed by atoms with Crippen molar-refractivity contribution in [2.45, 2.75) is 37.0 Å². The number of halogens is 3. The summed E-state index contributed by atoms with van der Waals surface area (Å²) in [6.45, 7) is 4.86. The van der Waals surface area contributed by atoms with E-state index in [1.54, 1.807) is 4.68 Å². The van der Waals surface area contributed by atoms with Crippen LogP contribution in [0.4, 0.5) is 0 Å². The van der Waals surface area contributed by atoms with Gasteiger partial charge < -0.3 is 0 Å². The molecule has 1 rings (SSSR count). The Labute approximate surface area is 98.3 Å². The molecule has 1 aromatic heterocycles. The first-order valence-corrected chi connectivity index (χ1v) is 5.63. The molecule has 80 valence electrons. The van der Waals surface area contributed by atoms with E-state index in [2.05, 4.69) is 17.2 Å². The zero-order valence-corrected chi connectivity index (χ0v) is 10.4. The molecule has 0 N–H and O–H groups in total. The average molecular weight is 257 g/mol. The molecule has 0 radical (unpaired) electrons. The van der Waals surface area contributed by atoms with Gasteiger partial charge in [0.1, 0.15) is 5.69 Å². The molecule has 1 heterocycles. The molecule has 0 saturated carbocycles. The highest BCUT2D eigenvalue weighted by atomic mass is 35.6. The molecule has 0 saturated heterocycles. The average Bonchev–Trinajstić information content (AvgIpc) is 2.47. The number of rotatable bonds is 3. The maximum absolute atomic E-state index is 5.77. The Hall–Kier alpha value is 0.01000. The second kappa shape index (κ2) is 4.69. The van der Waals surface area contributed by atoms with Crippen LogP contribution in [-0.4, -0.2) is 15.0 Å². The van der Waals surface area contributed by atoms with Crippen LogP contribution in [0.2, 0.25) is 0 Å². The van der Waals surface area contributed by atoms with Crippen LogP contribution in [0, 0.1) is 0 Å². The summed E-state index contributed by atoms with van der Waals surface area (Å²) >= 11 is 17.3. The molecule has 0 aliphatic rings. The van der Waals surface area contributed by atoms with Crippen molar-refractivity contribution >= 4 is 34.8 Å². The van der Waals surface area contributed by atoms with Gasteiger partial charge in [-0.1, -0.05) is 53.9 Å². The number of hydrogen-bond acceptors (Lipinski definition) is 2. The fourth-order valence-corrected chi connectivity index (χ4v) is 1.74. The van der Waals surface area contributed by atoms with Crippen molar-refractivity contribution in [2.24, 2.45) is 0 Å². The van der Waals surface area contributed by atoms with Crippen molar-refractivity contribution in [1.29, 1.82) is 0 Å².